The van der Waals surface area contributed by atoms with Gasteiger partial charge in [-0.05, 0) is 26.0 Å². The molecule has 2 aromatic carbocycles. The lowest BCUT2D eigenvalue weighted by Crippen LogP contribution is -2.39. The van der Waals surface area contributed by atoms with Crippen LogP contribution in [-0.2, 0) is 0 Å². The van der Waals surface area contributed by atoms with Gasteiger partial charge in [0.1, 0.15) is 23.6 Å². The minimum Gasteiger partial charge on any atom is -0.386 e. The van der Waals surface area contributed by atoms with Crippen LogP contribution < -0.4 is 10.6 Å². The second-order valence-electron chi connectivity index (χ2n) is 5.79. The number of hydrogen-bond donors (Lipinski definition) is 3. The van der Waals surface area contributed by atoms with E-state index in [0.29, 0.717) is 12.5 Å². The summed E-state index contributed by atoms with van der Waals surface area (Å²) in [4.78, 5) is 4.22. The number of benzene rings is 2. The van der Waals surface area contributed by atoms with E-state index in [2.05, 4.69) is 15.6 Å². The maximum Gasteiger partial charge on any atom is 0.191 e. The van der Waals surface area contributed by atoms with E-state index in [4.69, 9.17) is 0 Å². The highest BCUT2D eigenvalue weighted by Gasteiger charge is 2.15. The Kier molecular flexibility index (Phi) is 7.03. The summed E-state index contributed by atoms with van der Waals surface area (Å²) in [6, 6.07) is 8.81. The highest BCUT2D eigenvalue weighted by Crippen LogP contribution is 2.18. The van der Waals surface area contributed by atoms with Gasteiger partial charge in [-0.2, -0.15) is 0 Å². The molecule has 7 heteroatoms. The Morgan fingerprint density at radius 2 is 1.81 bits per heavy atom. The van der Waals surface area contributed by atoms with Crippen molar-refractivity contribution < 1.29 is 18.3 Å². The second kappa shape index (κ2) is 9.24. The molecule has 0 spiro atoms. The molecule has 0 aliphatic heterocycles. The quantitative estimate of drug-likeness (QED) is 0.543. The van der Waals surface area contributed by atoms with E-state index in [0.717, 1.165) is 6.07 Å². The minimum atomic E-state index is -1.11. The molecule has 0 radical (unpaired) electrons. The first-order valence-corrected chi connectivity index (χ1v) is 8.34. The molecule has 2 unspecified atom stereocenters. The molecule has 140 valence electrons. The van der Waals surface area contributed by atoms with Gasteiger partial charge in [-0.15, -0.1) is 0 Å². The lowest BCUT2D eigenvalue weighted by atomic mass is 10.1. The molecule has 26 heavy (non-hydrogen) atoms. The minimum absolute atomic E-state index is 0.0745. The predicted molar refractivity (Wildman–Crippen MR) is 95.2 cm³/mol. The second-order valence-corrected chi connectivity index (χ2v) is 5.79. The lowest BCUT2D eigenvalue weighted by Gasteiger charge is -2.19. The Balaban J connectivity index is 2.09. The molecule has 0 aliphatic carbocycles. The Hall–Kier alpha value is -2.54. The van der Waals surface area contributed by atoms with Crippen LogP contribution in [-0.4, -0.2) is 24.2 Å². The van der Waals surface area contributed by atoms with Crippen molar-refractivity contribution in [1.29, 1.82) is 0 Å². The fourth-order valence-corrected chi connectivity index (χ4v) is 2.48. The van der Waals surface area contributed by atoms with Crippen molar-refractivity contribution in [3.63, 3.8) is 0 Å². The average Bonchev–Trinajstić information content (AvgIpc) is 2.59. The molecule has 2 rings (SSSR count). The van der Waals surface area contributed by atoms with E-state index in [1.54, 1.807) is 19.1 Å². The van der Waals surface area contributed by atoms with E-state index >= 15 is 0 Å². The summed E-state index contributed by atoms with van der Waals surface area (Å²) >= 11 is 0. The number of nitrogens with one attached hydrogen (secondary N) is 2. The highest BCUT2D eigenvalue weighted by atomic mass is 19.1. The van der Waals surface area contributed by atoms with Gasteiger partial charge in [-0.3, -0.25) is 4.99 Å². The summed E-state index contributed by atoms with van der Waals surface area (Å²) in [5.74, 6) is -1.48. The summed E-state index contributed by atoms with van der Waals surface area (Å²) < 4.78 is 40.6. The Morgan fingerprint density at radius 3 is 2.46 bits per heavy atom. The smallest absolute Gasteiger partial charge is 0.191 e. The Bertz CT molecular complexity index is 767. The van der Waals surface area contributed by atoms with E-state index in [-0.39, 0.29) is 17.7 Å². The fourth-order valence-electron chi connectivity index (χ4n) is 2.48. The molecule has 0 fully saturated rings. The fraction of sp³-hybridized carbons (Fsp3) is 0.316. The van der Waals surface area contributed by atoms with Crippen LogP contribution in [0.1, 0.15) is 37.1 Å². The van der Waals surface area contributed by atoms with Crippen LogP contribution in [0, 0.1) is 17.5 Å². The predicted octanol–water partition coefficient (Wildman–Crippen LogP) is 3.45. The van der Waals surface area contributed by atoms with E-state index in [1.807, 2.05) is 6.92 Å². The molecule has 0 heterocycles. The van der Waals surface area contributed by atoms with E-state index < -0.39 is 29.6 Å². The van der Waals surface area contributed by atoms with Gasteiger partial charge in [0.25, 0.3) is 0 Å². The Morgan fingerprint density at radius 1 is 1.08 bits per heavy atom. The normalized spacial score (nSPS) is 14.0. The largest absolute Gasteiger partial charge is 0.386 e. The van der Waals surface area contributed by atoms with Gasteiger partial charge in [0, 0.05) is 23.7 Å². The zero-order chi connectivity index (χ0) is 19.1. The van der Waals surface area contributed by atoms with E-state index in [9.17, 15) is 18.3 Å². The topological polar surface area (TPSA) is 56.7 Å². The summed E-state index contributed by atoms with van der Waals surface area (Å²) in [7, 11) is 0. The van der Waals surface area contributed by atoms with Crippen molar-refractivity contribution in [1.82, 2.24) is 10.6 Å². The number of aliphatic hydroxyl groups is 1. The molecule has 0 amide bonds. The van der Waals surface area contributed by atoms with Crippen LogP contribution in [0.4, 0.5) is 13.2 Å². The molecule has 0 bridgehead atoms. The monoisotopic (exact) mass is 365 g/mol. The molecule has 0 saturated heterocycles. The summed E-state index contributed by atoms with van der Waals surface area (Å²) in [5.41, 5.74) is 0.441. The highest BCUT2D eigenvalue weighted by molar-refractivity contribution is 5.80. The number of hydrogen-bond acceptors (Lipinski definition) is 2. The lowest BCUT2D eigenvalue weighted by molar-refractivity contribution is 0.182. The van der Waals surface area contributed by atoms with Gasteiger partial charge in [0.05, 0.1) is 12.6 Å². The standard InChI is InChI=1S/C19H22F3N3O/c1-3-23-19(24-11-18(26)15-6-4-5-7-16(15)21)25-12(2)14-9-8-13(20)10-17(14)22/h4-10,12,18,26H,3,11H2,1-2H3,(H2,23,24,25). The molecular weight excluding hydrogens is 343 g/mol. The number of rotatable bonds is 6. The van der Waals surface area contributed by atoms with Crippen LogP contribution in [0.2, 0.25) is 0 Å². The van der Waals surface area contributed by atoms with Crippen molar-refractivity contribution in [3.05, 3.63) is 71.0 Å². The maximum absolute atomic E-state index is 13.9. The Labute approximate surface area is 150 Å². The molecule has 2 aromatic rings. The first kappa shape index (κ1) is 19.8. The number of aliphatic imine (C=N–C) groups is 1. The molecule has 0 saturated carbocycles. The summed E-state index contributed by atoms with van der Waals surface area (Å²) in [5, 5.41) is 16.1. The van der Waals surface area contributed by atoms with Gasteiger partial charge in [0.15, 0.2) is 5.96 Å². The van der Waals surface area contributed by atoms with Gasteiger partial charge < -0.3 is 15.7 Å². The summed E-state index contributed by atoms with van der Waals surface area (Å²) in [6.07, 6.45) is -1.11. The number of nitrogens with zero attached hydrogens (tertiary/aromatic N) is 1. The maximum atomic E-state index is 13.9. The van der Waals surface area contributed by atoms with Crippen LogP contribution in [0.25, 0.3) is 0 Å². The number of guanidine groups is 1. The van der Waals surface area contributed by atoms with Gasteiger partial charge in [-0.25, -0.2) is 13.2 Å². The summed E-state index contributed by atoms with van der Waals surface area (Å²) in [6.45, 7) is 4.03. The molecule has 3 N–H and O–H groups in total. The van der Waals surface area contributed by atoms with Crippen LogP contribution in [0.5, 0.6) is 0 Å². The third-order valence-electron chi connectivity index (χ3n) is 3.81. The van der Waals surface area contributed by atoms with Crippen LogP contribution in [0.3, 0.4) is 0 Å². The van der Waals surface area contributed by atoms with Gasteiger partial charge in [-0.1, -0.05) is 24.3 Å². The van der Waals surface area contributed by atoms with Crippen molar-refractivity contribution in [3.8, 4) is 0 Å². The van der Waals surface area contributed by atoms with E-state index in [1.165, 1.54) is 24.3 Å². The van der Waals surface area contributed by atoms with Crippen LogP contribution in [0.15, 0.2) is 47.5 Å². The third-order valence-corrected chi connectivity index (χ3v) is 3.81. The van der Waals surface area contributed by atoms with Crippen molar-refractivity contribution in [2.24, 2.45) is 4.99 Å². The van der Waals surface area contributed by atoms with Gasteiger partial charge in [0.2, 0.25) is 0 Å². The first-order chi connectivity index (χ1) is 12.4. The number of halogens is 3. The molecular formula is C19H22F3N3O. The average molecular weight is 365 g/mol. The molecule has 4 nitrogen and oxygen atoms in total. The zero-order valence-corrected chi connectivity index (χ0v) is 14.6. The molecule has 0 aliphatic rings. The zero-order valence-electron chi connectivity index (χ0n) is 14.6. The van der Waals surface area contributed by atoms with Gasteiger partial charge >= 0.3 is 0 Å². The van der Waals surface area contributed by atoms with Crippen molar-refractivity contribution in [2.45, 2.75) is 26.0 Å². The third kappa shape index (κ3) is 5.23. The van der Waals surface area contributed by atoms with Crippen molar-refractivity contribution in [2.75, 3.05) is 13.1 Å². The molecule has 0 aromatic heterocycles. The number of aliphatic hydroxyl groups excluding tert-OH is 1. The van der Waals surface area contributed by atoms with Crippen molar-refractivity contribution >= 4 is 5.96 Å². The SMILES string of the molecule is CCNC(=NCC(O)c1ccccc1F)NC(C)c1ccc(F)cc1F. The molecule has 2 atom stereocenters. The first-order valence-electron chi connectivity index (χ1n) is 8.34. The van der Waals surface area contributed by atoms with Crippen LogP contribution >= 0.6 is 0 Å².